The molecule has 0 radical (unpaired) electrons. The smallest absolute Gasteiger partial charge is 0.165 e. The van der Waals surface area contributed by atoms with E-state index >= 15 is 0 Å². The van der Waals surface area contributed by atoms with Gasteiger partial charge in [-0.3, -0.25) is 0 Å². The van der Waals surface area contributed by atoms with E-state index in [-0.39, 0.29) is 11.7 Å². The molecule has 1 aromatic carbocycles. The third kappa shape index (κ3) is 2.51. The predicted molar refractivity (Wildman–Crippen MR) is 69.1 cm³/mol. The highest BCUT2D eigenvalue weighted by atomic mass is 19.1. The third-order valence-electron chi connectivity index (χ3n) is 4.14. The van der Waals surface area contributed by atoms with Gasteiger partial charge in [0, 0.05) is 0 Å². The number of benzene rings is 1. The van der Waals surface area contributed by atoms with Crippen LogP contribution in [-0.2, 0) is 5.60 Å². The van der Waals surface area contributed by atoms with E-state index in [4.69, 9.17) is 4.74 Å². The molecule has 0 aliphatic heterocycles. The SMILES string of the molecule is COc1ccc(C(C)(O)C2CCCCC2)cc1F. The fourth-order valence-electron chi connectivity index (χ4n) is 2.88. The van der Waals surface area contributed by atoms with Gasteiger partial charge >= 0.3 is 0 Å². The Labute approximate surface area is 108 Å². The van der Waals surface area contributed by atoms with Crippen molar-refractivity contribution in [3.8, 4) is 5.75 Å². The lowest BCUT2D eigenvalue weighted by Gasteiger charge is -2.36. The molecular formula is C15H21FO2. The van der Waals surface area contributed by atoms with Gasteiger partial charge in [0.2, 0.25) is 0 Å². The molecule has 3 heteroatoms. The zero-order chi connectivity index (χ0) is 13.2. The molecule has 1 unspecified atom stereocenters. The normalized spacial score (nSPS) is 20.4. The first kappa shape index (κ1) is 13.3. The molecule has 0 bridgehead atoms. The van der Waals surface area contributed by atoms with Crippen molar-refractivity contribution in [2.45, 2.75) is 44.6 Å². The number of ether oxygens (including phenoxy) is 1. The Morgan fingerprint density at radius 1 is 1.28 bits per heavy atom. The maximum Gasteiger partial charge on any atom is 0.165 e. The second-order valence-electron chi connectivity index (χ2n) is 5.33. The number of hydrogen-bond donors (Lipinski definition) is 1. The average molecular weight is 252 g/mol. The van der Waals surface area contributed by atoms with Crippen molar-refractivity contribution in [3.63, 3.8) is 0 Å². The van der Waals surface area contributed by atoms with Crippen LogP contribution in [0.3, 0.4) is 0 Å². The van der Waals surface area contributed by atoms with E-state index in [1.807, 2.05) is 0 Å². The maximum atomic E-state index is 13.7. The number of aliphatic hydroxyl groups is 1. The topological polar surface area (TPSA) is 29.5 Å². The van der Waals surface area contributed by atoms with Crippen LogP contribution in [0, 0.1) is 11.7 Å². The molecule has 1 aliphatic rings. The van der Waals surface area contributed by atoms with Gasteiger partial charge in [0.25, 0.3) is 0 Å². The molecule has 1 fully saturated rings. The first-order valence-corrected chi connectivity index (χ1v) is 6.62. The Morgan fingerprint density at radius 2 is 1.94 bits per heavy atom. The molecule has 1 aliphatic carbocycles. The van der Waals surface area contributed by atoms with E-state index in [0.717, 1.165) is 25.7 Å². The minimum atomic E-state index is -0.951. The molecule has 0 saturated heterocycles. The fourth-order valence-corrected chi connectivity index (χ4v) is 2.88. The largest absolute Gasteiger partial charge is 0.494 e. The molecule has 0 heterocycles. The van der Waals surface area contributed by atoms with Gasteiger partial charge in [-0.1, -0.05) is 25.3 Å². The monoisotopic (exact) mass is 252 g/mol. The van der Waals surface area contributed by atoms with Crippen molar-refractivity contribution < 1.29 is 14.2 Å². The van der Waals surface area contributed by atoms with Gasteiger partial charge in [0.05, 0.1) is 12.7 Å². The summed E-state index contributed by atoms with van der Waals surface area (Å²) in [5, 5.41) is 10.7. The zero-order valence-corrected chi connectivity index (χ0v) is 11.1. The molecule has 1 aromatic rings. The summed E-state index contributed by atoms with van der Waals surface area (Å²) in [4.78, 5) is 0. The zero-order valence-electron chi connectivity index (χ0n) is 11.1. The second kappa shape index (κ2) is 5.27. The van der Waals surface area contributed by atoms with Crippen LogP contribution < -0.4 is 4.74 Å². The van der Waals surface area contributed by atoms with E-state index in [2.05, 4.69) is 0 Å². The van der Waals surface area contributed by atoms with Crippen LogP contribution in [0.4, 0.5) is 4.39 Å². The fraction of sp³-hybridized carbons (Fsp3) is 0.600. The van der Waals surface area contributed by atoms with Gasteiger partial charge in [-0.15, -0.1) is 0 Å². The van der Waals surface area contributed by atoms with E-state index < -0.39 is 11.4 Å². The first-order valence-electron chi connectivity index (χ1n) is 6.62. The lowest BCUT2D eigenvalue weighted by molar-refractivity contribution is -0.0217. The van der Waals surface area contributed by atoms with Crippen LogP contribution in [0.1, 0.15) is 44.6 Å². The summed E-state index contributed by atoms with van der Waals surface area (Å²) in [6.07, 6.45) is 5.57. The van der Waals surface area contributed by atoms with Gasteiger partial charge in [0.15, 0.2) is 11.6 Å². The Balaban J connectivity index is 2.25. The maximum absolute atomic E-state index is 13.7. The molecule has 0 spiro atoms. The Kier molecular flexibility index (Phi) is 3.91. The predicted octanol–water partition coefficient (Wildman–Crippen LogP) is 3.62. The van der Waals surface area contributed by atoms with Gasteiger partial charge in [-0.2, -0.15) is 0 Å². The highest BCUT2D eigenvalue weighted by molar-refractivity contribution is 5.32. The van der Waals surface area contributed by atoms with E-state index in [0.29, 0.717) is 5.56 Å². The second-order valence-corrected chi connectivity index (χ2v) is 5.33. The van der Waals surface area contributed by atoms with Crippen molar-refractivity contribution in [2.75, 3.05) is 7.11 Å². The van der Waals surface area contributed by atoms with Crippen LogP contribution in [0.2, 0.25) is 0 Å². The van der Waals surface area contributed by atoms with Crippen molar-refractivity contribution in [1.29, 1.82) is 0 Å². The van der Waals surface area contributed by atoms with Crippen molar-refractivity contribution in [1.82, 2.24) is 0 Å². The summed E-state index contributed by atoms with van der Waals surface area (Å²) in [6, 6.07) is 4.74. The Bertz CT molecular complexity index is 409. The minimum Gasteiger partial charge on any atom is -0.494 e. The van der Waals surface area contributed by atoms with Gasteiger partial charge in [-0.25, -0.2) is 4.39 Å². The third-order valence-corrected chi connectivity index (χ3v) is 4.14. The molecule has 1 saturated carbocycles. The van der Waals surface area contributed by atoms with Crippen molar-refractivity contribution in [2.24, 2.45) is 5.92 Å². The van der Waals surface area contributed by atoms with Crippen LogP contribution >= 0.6 is 0 Å². The molecule has 0 amide bonds. The van der Waals surface area contributed by atoms with Gasteiger partial charge in [0.1, 0.15) is 0 Å². The van der Waals surface area contributed by atoms with E-state index in [1.165, 1.54) is 19.6 Å². The summed E-state index contributed by atoms with van der Waals surface area (Å²) in [6.45, 7) is 1.80. The molecule has 1 atom stereocenters. The lowest BCUT2D eigenvalue weighted by Crippen LogP contribution is -2.33. The number of methoxy groups -OCH3 is 1. The highest BCUT2D eigenvalue weighted by Crippen LogP contribution is 2.39. The van der Waals surface area contributed by atoms with Gasteiger partial charge < -0.3 is 9.84 Å². The summed E-state index contributed by atoms with van der Waals surface area (Å²) in [7, 11) is 1.44. The van der Waals surface area contributed by atoms with Crippen LogP contribution in [0.5, 0.6) is 5.75 Å². The molecule has 0 aromatic heterocycles. The lowest BCUT2D eigenvalue weighted by atomic mass is 9.74. The first-order chi connectivity index (χ1) is 8.55. The highest BCUT2D eigenvalue weighted by Gasteiger charge is 2.34. The Morgan fingerprint density at radius 3 is 2.50 bits per heavy atom. The van der Waals surface area contributed by atoms with Crippen LogP contribution in [0.25, 0.3) is 0 Å². The quantitative estimate of drug-likeness (QED) is 0.890. The number of hydrogen-bond acceptors (Lipinski definition) is 2. The minimum absolute atomic E-state index is 0.221. The number of halogens is 1. The summed E-state index contributed by atoms with van der Waals surface area (Å²) < 4.78 is 18.6. The standard InChI is InChI=1S/C15H21FO2/c1-15(17,11-6-4-3-5-7-11)12-8-9-14(18-2)13(16)10-12/h8-11,17H,3-7H2,1-2H3. The molecule has 18 heavy (non-hydrogen) atoms. The van der Waals surface area contributed by atoms with Crippen LogP contribution in [0.15, 0.2) is 18.2 Å². The summed E-state index contributed by atoms with van der Waals surface area (Å²) >= 11 is 0. The number of rotatable bonds is 3. The Hall–Kier alpha value is -1.09. The van der Waals surface area contributed by atoms with E-state index in [9.17, 15) is 9.50 Å². The molecule has 1 N–H and O–H groups in total. The molecule has 2 rings (SSSR count). The van der Waals surface area contributed by atoms with Crippen LogP contribution in [-0.4, -0.2) is 12.2 Å². The molecule has 100 valence electrons. The summed E-state index contributed by atoms with van der Waals surface area (Å²) in [5.41, 5.74) is -0.305. The average Bonchev–Trinajstić information content (AvgIpc) is 2.39. The van der Waals surface area contributed by atoms with E-state index in [1.54, 1.807) is 19.1 Å². The van der Waals surface area contributed by atoms with Crippen molar-refractivity contribution >= 4 is 0 Å². The summed E-state index contributed by atoms with van der Waals surface area (Å²) in [5.74, 6) is 0.0309. The molecular weight excluding hydrogens is 231 g/mol. The van der Waals surface area contributed by atoms with Crippen molar-refractivity contribution in [3.05, 3.63) is 29.6 Å². The van der Waals surface area contributed by atoms with Gasteiger partial charge in [-0.05, 0) is 43.4 Å². The molecule has 2 nitrogen and oxygen atoms in total.